The Kier molecular flexibility index (Phi) is 4.16. The molecule has 1 aromatic rings. The highest BCUT2D eigenvalue weighted by molar-refractivity contribution is 5.88. The van der Waals surface area contributed by atoms with E-state index in [0.29, 0.717) is 25.9 Å². The highest BCUT2D eigenvalue weighted by atomic mass is 19.1. The smallest absolute Gasteiger partial charge is 0.338 e. The number of nitrogens with one attached hydrogen (secondary N) is 1. The summed E-state index contributed by atoms with van der Waals surface area (Å²) in [7, 11) is 0. The molecule has 2 N–H and O–H groups in total. The molecule has 0 aliphatic carbocycles. The van der Waals surface area contributed by atoms with Gasteiger partial charge >= 0.3 is 5.97 Å². The van der Waals surface area contributed by atoms with Crippen LogP contribution in [0.25, 0.3) is 0 Å². The summed E-state index contributed by atoms with van der Waals surface area (Å²) in [6.07, 6.45) is 2.62. The fourth-order valence-corrected chi connectivity index (χ4v) is 2.24. The molecule has 7 heteroatoms. The summed E-state index contributed by atoms with van der Waals surface area (Å²) in [5, 5.41) is 11.8. The lowest BCUT2D eigenvalue weighted by Gasteiger charge is -2.32. The third kappa shape index (κ3) is 3.04. The van der Waals surface area contributed by atoms with E-state index in [9.17, 15) is 14.0 Å². The Morgan fingerprint density at radius 1 is 1.45 bits per heavy atom. The molecule has 1 aliphatic rings. The number of carbonyl (C=O) groups excluding carboxylic acids is 1. The Hall–Kier alpha value is -2.18. The molecule has 108 valence electrons. The zero-order valence-corrected chi connectivity index (χ0v) is 11.1. The summed E-state index contributed by atoms with van der Waals surface area (Å²) in [6, 6.07) is 1.11. The number of carboxylic acid groups (broad SMARTS) is 1. The van der Waals surface area contributed by atoms with Crippen LogP contribution in [-0.4, -0.2) is 46.0 Å². The average molecular weight is 281 g/mol. The van der Waals surface area contributed by atoms with E-state index in [1.54, 1.807) is 4.90 Å². The largest absolute Gasteiger partial charge is 0.478 e. The van der Waals surface area contributed by atoms with Crippen LogP contribution in [0.3, 0.4) is 0 Å². The Labute approximate surface area is 115 Å². The lowest BCUT2D eigenvalue weighted by Crippen LogP contribution is -2.41. The third-order valence-electron chi connectivity index (χ3n) is 3.40. The second-order valence-corrected chi connectivity index (χ2v) is 4.75. The van der Waals surface area contributed by atoms with Gasteiger partial charge in [0, 0.05) is 32.3 Å². The Morgan fingerprint density at radius 2 is 2.10 bits per heavy atom. The molecule has 0 radical (unpaired) electrons. The fourth-order valence-electron chi connectivity index (χ4n) is 2.24. The van der Waals surface area contributed by atoms with Gasteiger partial charge in [-0.15, -0.1) is 0 Å². The molecule has 6 nitrogen and oxygen atoms in total. The predicted octanol–water partition coefficient (Wildman–Crippen LogP) is 1.34. The first-order valence-corrected chi connectivity index (χ1v) is 6.39. The summed E-state index contributed by atoms with van der Waals surface area (Å²) in [4.78, 5) is 27.6. The lowest BCUT2D eigenvalue weighted by molar-refractivity contribution is -0.129. The molecule has 20 heavy (non-hydrogen) atoms. The Morgan fingerprint density at radius 3 is 2.65 bits per heavy atom. The first kappa shape index (κ1) is 14.2. The Bertz CT molecular complexity index is 528. The number of pyridine rings is 1. The number of hydrogen-bond acceptors (Lipinski definition) is 4. The van der Waals surface area contributed by atoms with Gasteiger partial charge in [-0.2, -0.15) is 0 Å². The van der Waals surface area contributed by atoms with Crippen LogP contribution in [0.1, 0.15) is 30.1 Å². The molecule has 2 rings (SSSR count). The van der Waals surface area contributed by atoms with E-state index in [0.717, 1.165) is 6.07 Å². The molecule has 0 spiro atoms. The maximum atomic E-state index is 13.9. The van der Waals surface area contributed by atoms with Crippen LogP contribution >= 0.6 is 0 Å². The van der Waals surface area contributed by atoms with E-state index in [-0.39, 0.29) is 17.8 Å². The van der Waals surface area contributed by atoms with Gasteiger partial charge in [-0.1, -0.05) is 0 Å². The topological polar surface area (TPSA) is 82.5 Å². The highest BCUT2D eigenvalue weighted by Gasteiger charge is 2.23. The van der Waals surface area contributed by atoms with Crippen LogP contribution in [0.15, 0.2) is 12.3 Å². The number of aromatic carboxylic acids is 1. The van der Waals surface area contributed by atoms with Gasteiger partial charge in [0.1, 0.15) is 5.56 Å². The van der Waals surface area contributed by atoms with Gasteiger partial charge in [0.15, 0.2) is 11.6 Å². The van der Waals surface area contributed by atoms with E-state index in [1.165, 1.54) is 13.1 Å². The molecule has 0 unspecified atom stereocenters. The molecule has 1 fully saturated rings. The minimum absolute atomic E-state index is 0.0170. The second-order valence-electron chi connectivity index (χ2n) is 4.75. The molecule has 0 atom stereocenters. The molecular formula is C13H16FN3O3. The normalized spacial score (nSPS) is 16.0. The molecule has 1 amide bonds. The molecular weight excluding hydrogens is 265 g/mol. The minimum atomic E-state index is -1.32. The van der Waals surface area contributed by atoms with Gasteiger partial charge < -0.3 is 15.3 Å². The number of piperidine rings is 1. The molecule has 1 aliphatic heterocycles. The maximum Gasteiger partial charge on any atom is 0.338 e. The number of rotatable bonds is 3. The summed E-state index contributed by atoms with van der Waals surface area (Å²) < 4.78 is 13.9. The van der Waals surface area contributed by atoms with E-state index in [4.69, 9.17) is 5.11 Å². The van der Waals surface area contributed by atoms with E-state index >= 15 is 0 Å². The first-order valence-electron chi connectivity index (χ1n) is 6.39. The van der Waals surface area contributed by atoms with Crippen molar-refractivity contribution in [2.75, 3.05) is 18.4 Å². The van der Waals surface area contributed by atoms with Crippen LogP contribution in [-0.2, 0) is 4.79 Å². The average Bonchev–Trinajstić information content (AvgIpc) is 2.41. The summed E-state index contributed by atoms with van der Waals surface area (Å²) >= 11 is 0. The maximum absolute atomic E-state index is 13.9. The number of carboxylic acids is 1. The summed E-state index contributed by atoms with van der Waals surface area (Å²) in [5.74, 6) is -2.19. The molecule has 0 aromatic carbocycles. The minimum Gasteiger partial charge on any atom is -0.478 e. The SMILES string of the molecule is CC(=O)N1CCC(Nc2nccc(C(=O)O)c2F)CC1. The highest BCUT2D eigenvalue weighted by Crippen LogP contribution is 2.19. The number of anilines is 1. The van der Waals surface area contributed by atoms with Crippen molar-refractivity contribution in [2.24, 2.45) is 0 Å². The van der Waals surface area contributed by atoms with Crippen molar-refractivity contribution in [3.05, 3.63) is 23.6 Å². The lowest BCUT2D eigenvalue weighted by atomic mass is 10.0. The predicted molar refractivity (Wildman–Crippen MR) is 70.1 cm³/mol. The second kappa shape index (κ2) is 5.85. The van der Waals surface area contributed by atoms with Gasteiger partial charge in [-0.25, -0.2) is 14.2 Å². The van der Waals surface area contributed by atoms with Crippen molar-refractivity contribution in [1.82, 2.24) is 9.88 Å². The molecule has 1 aromatic heterocycles. The van der Waals surface area contributed by atoms with E-state index in [2.05, 4.69) is 10.3 Å². The fraction of sp³-hybridized carbons (Fsp3) is 0.462. The van der Waals surface area contributed by atoms with Gasteiger partial charge in [0.25, 0.3) is 0 Å². The molecule has 0 bridgehead atoms. The quantitative estimate of drug-likeness (QED) is 0.873. The third-order valence-corrected chi connectivity index (χ3v) is 3.40. The van der Waals surface area contributed by atoms with Crippen molar-refractivity contribution in [2.45, 2.75) is 25.8 Å². The Balaban J connectivity index is 2.03. The number of nitrogens with zero attached hydrogens (tertiary/aromatic N) is 2. The van der Waals surface area contributed by atoms with Crippen molar-refractivity contribution in [3.63, 3.8) is 0 Å². The van der Waals surface area contributed by atoms with Crippen molar-refractivity contribution >= 4 is 17.7 Å². The number of carbonyl (C=O) groups is 2. The number of aromatic nitrogens is 1. The van der Waals surface area contributed by atoms with Crippen molar-refractivity contribution < 1.29 is 19.1 Å². The van der Waals surface area contributed by atoms with E-state index in [1.807, 2.05) is 0 Å². The van der Waals surface area contributed by atoms with E-state index < -0.39 is 17.3 Å². The van der Waals surface area contributed by atoms with Crippen LogP contribution in [0.2, 0.25) is 0 Å². The van der Waals surface area contributed by atoms with Crippen LogP contribution < -0.4 is 5.32 Å². The van der Waals surface area contributed by atoms with Crippen molar-refractivity contribution in [3.8, 4) is 0 Å². The van der Waals surface area contributed by atoms with Gasteiger partial charge in [-0.3, -0.25) is 4.79 Å². The van der Waals surface area contributed by atoms with Gasteiger partial charge in [-0.05, 0) is 18.9 Å². The number of likely N-dealkylation sites (tertiary alicyclic amines) is 1. The van der Waals surface area contributed by atoms with Crippen molar-refractivity contribution in [1.29, 1.82) is 0 Å². The number of hydrogen-bond donors (Lipinski definition) is 2. The van der Waals surface area contributed by atoms with Gasteiger partial charge in [0.2, 0.25) is 5.91 Å². The molecule has 1 saturated heterocycles. The van der Waals surface area contributed by atoms with Crippen LogP contribution in [0.5, 0.6) is 0 Å². The van der Waals surface area contributed by atoms with Crippen LogP contribution in [0, 0.1) is 5.82 Å². The molecule has 0 saturated carbocycles. The number of amides is 1. The summed E-state index contributed by atoms with van der Waals surface area (Å²) in [6.45, 7) is 2.73. The zero-order chi connectivity index (χ0) is 14.7. The van der Waals surface area contributed by atoms with Gasteiger partial charge in [0.05, 0.1) is 0 Å². The number of halogens is 1. The first-order chi connectivity index (χ1) is 9.49. The standard InChI is InChI=1S/C13H16FN3O3/c1-8(18)17-6-3-9(4-7-17)16-12-11(14)10(13(19)20)2-5-15-12/h2,5,9H,3-4,6-7H2,1H3,(H,15,16)(H,19,20). The van der Waals surface area contributed by atoms with Crippen LogP contribution in [0.4, 0.5) is 10.2 Å². The monoisotopic (exact) mass is 281 g/mol. The zero-order valence-electron chi connectivity index (χ0n) is 11.1. The molecule has 2 heterocycles. The summed E-state index contributed by atoms with van der Waals surface area (Å²) in [5.41, 5.74) is -0.399.